The van der Waals surface area contributed by atoms with E-state index in [2.05, 4.69) is 21.8 Å². The van der Waals surface area contributed by atoms with Crippen molar-refractivity contribution >= 4 is 11.7 Å². The van der Waals surface area contributed by atoms with Gasteiger partial charge in [-0.1, -0.05) is 17.7 Å². The average molecular weight is 312 g/mol. The fourth-order valence-electron chi connectivity index (χ4n) is 3.16. The van der Waals surface area contributed by atoms with E-state index in [0.29, 0.717) is 5.92 Å². The number of carbonyl (C=O) groups excluding carboxylic acids is 1. The number of amides is 2. The minimum Gasteiger partial charge on any atom is -0.335 e. The zero-order valence-corrected chi connectivity index (χ0v) is 13.8. The predicted octanol–water partition coefficient (Wildman–Crippen LogP) is 3.62. The van der Waals surface area contributed by atoms with Crippen molar-refractivity contribution in [3.05, 3.63) is 48.0 Å². The van der Waals surface area contributed by atoms with Crippen LogP contribution in [0.2, 0.25) is 0 Å². The van der Waals surface area contributed by atoms with Crippen molar-refractivity contribution in [1.82, 2.24) is 14.5 Å². The number of piperidine rings is 1. The number of anilines is 1. The van der Waals surface area contributed by atoms with E-state index >= 15 is 0 Å². The first-order chi connectivity index (χ1) is 11.2. The number of hydrogen-bond donors (Lipinski definition) is 1. The maximum Gasteiger partial charge on any atom is 0.321 e. The molecule has 3 rings (SSSR count). The quantitative estimate of drug-likeness (QED) is 0.941. The second-order valence-electron chi connectivity index (χ2n) is 6.15. The van der Waals surface area contributed by atoms with E-state index in [1.807, 2.05) is 48.5 Å². The molecule has 1 aromatic carbocycles. The van der Waals surface area contributed by atoms with E-state index in [1.165, 1.54) is 5.56 Å². The topological polar surface area (TPSA) is 50.2 Å². The molecule has 23 heavy (non-hydrogen) atoms. The summed E-state index contributed by atoms with van der Waals surface area (Å²) in [4.78, 5) is 18.9. The molecule has 0 bridgehead atoms. The third-order valence-electron chi connectivity index (χ3n) is 4.46. The number of nitrogens with zero attached hydrogens (tertiary/aromatic N) is 3. The van der Waals surface area contributed by atoms with E-state index in [9.17, 15) is 4.79 Å². The van der Waals surface area contributed by atoms with Crippen LogP contribution in [-0.2, 0) is 6.54 Å². The molecule has 2 heterocycles. The predicted molar refractivity (Wildman–Crippen MR) is 91.6 cm³/mol. The Hall–Kier alpha value is -2.30. The number of rotatable bonds is 3. The summed E-state index contributed by atoms with van der Waals surface area (Å²) >= 11 is 0. The lowest BCUT2D eigenvalue weighted by molar-refractivity contribution is 0.190. The normalized spacial score (nSPS) is 18.0. The molecule has 0 spiro atoms. The lowest BCUT2D eigenvalue weighted by atomic mass is 9.97. The van der Waals surface area contributed by atoms with Gasteiger partial charge in [0.25, 0.3) is 0 Å². The Kier molecular flexibility index (Phi) is 4.65. The smallest absolute Gasteiger partial charge is 0.321 e. The molecule has 5 heteroatoms. The highest BCUT2D eigenvalue weighted by molar-refractivity contribution is 5.89. The Labute approximate surface area is 137 Å². The van der Waals surface area contributed by atoms with Crippen LogP contribution in [0.25, 0.3) is 0 Å². The summed E-state index contributed by atoms with van der Waals surface area (Å²) in [5.41, 5.74) is 2.03. The van der Waals surface area contributed by atoms with Gasteiger partial charge in [-0.3, -0.25) is 0 Å². The van der Waals surface area contributed by atoms with Crippen LogP contribution in [0, 0.1) is 6.92 Å². The highest BCUT2D eigenvalue weighted by Crippen LogP contribution is 2.26. The molecule has 0 saturated carbocycles. The van der Waals surface area contributed by atoms with Crippen LogP contribution in [0.15, 0.2) is 36.7 Å². The number of carbonyl (C=O) groups is 1. The minimum absolute atomic E-state index is 0.0202. The SMILES string of the molecule is CCn1ccnc1[C@@H]1CCCN(C(=O)Nc2ccc(C)cc2)C1. The third kappa shape index (κ3) is 3.55. The molecule has 0 radical (unpaired) electrons. The summed E-state index contributed by atoms with van der Waals surface area (Å²) < 4.78 is 2.17. The summed E-state index contributed by atoms with van der Waals surface area (Å²) in [6.45, 7) is 6.61. The minimum atomic E-state index is -0.0202. The molecule has 1 aromatic heterocycles. The second kappa shape index (κ2) is 6.86. The molecular formula is C18H24N4O. The lowest BCUT2D eigenvalue weighted by Gasteiger charge is -2.32. The maximum absolute atomic E-state index is 12.5. The maximum atomic E-state index is 12.5. The van der Waals surface area contributed by atoms with Gasteiger partial charge < -0.3 is 14.8 Å². The molecule has 0 unspecified atom stereocenters. The summed E-state index contributed by atoms with van der Waals surface area (Å²) in [7, 11) is 0. The molecule has 2 aromatic rings. The number of urea groups is 1. The molecular weight excluding hydrogens is 288 g/mol. The van der Waals surface area contributed by atoms with Crippen LogP contribution in [0.1, 0.15) is 37.1 Å². The first-order valence-corrected chi connectivity index (χ1v) is 8.31. The van der Waals surface area contributed by atoms with Crippen LogP contribution in [0.3, 0.4) is 0 Å². The molecule has 0 aliphatic carbocycles. The zero-order valence-electron chi connectivity index (χ0n) is 13.8. The number of aryl methyl sites for hydroxylation is 2. The van der Waals surface area contributed by atoms with Crippen molar-refractivity contribution in [3.63, 3.8) is 0 Å². The Morgan fingerprint density at radius 3 is 2.87 bits per heavy atom. The molecule has 1 N–H and O–H groups in total. The Balaban J connectivity index is 1.66. The molecule has 122 valence electrons. The van der Waals surface area contributed by atoms with Crippen LogP contribution in [0.4, 0.5) is 10.5 Å². The molecule has 1 fully saturated rings. The van der Waals surface area contributed by atoms with Crippen LogP contribution >= 0.6 is 0 Å². The Morgan fingerprint density at radius 2 is 2.13 bits per heavy atom. The number of benzene rings is 1. The fourth-order valence-corrected chi connectivity index (χ4v) is 3.16. The van der Waals surface area contributed by atoms with Crippen molar-refractivity contribution in [2.45, 2.75) is 39.2 Å². The van der Waals surface area contributed by atoms with Gasteiger partial charge in [0.15, 0.2) is 0 Å². The Morgan fingerprint density at radius 1 is 1.35 bits per heavy atom. The zero-order chi connectivity index (χ0) is 16.2. The Bertz CT molecular complexity index is 662. The number of likely N-dealkylation sites (tertiary alicyclic amines) is 1. The van der Waals surface area contributed by atoms with Gasteiger partial charge in [0, 0.05) is 43.6 Å². The van der Waals surface area contributed by atoms with E-state index < -0.39 is 0 Å². The number of hydrogen-bond acceptors (Lipinski definition) is 2. The van der Waals surface area contributed by atoms with Crippen LogP contribution in [-0.4, -0.2) is 33.6 Å². The van der Waals surface area contributed by atoms with Gasteiger partial charge in [-0.05, 0) is 38.8 Å². The molecule has 1 aliphatic heterocycles. The van der Waals surface area contributed by atoms with Gasteiger partial charge in [-0.2, -0.15) is 0 Å². The van der Waals surface area contributed by atoms with E-state index in [0.717, 1.165) is 44.0 Å². The summed E-state index contributed by atoms with van der Waals surface area (Å²) in [5, 5.41) is 2.99. The molecule has 1 atom stereocenters. The van der Waals surface area contributed by atoms with Gasteiger partial charge in [-0.25, -0.2) is 9.78 Å². The highest BCUT2D eigenvalue weighted by atomic mass is 16.2. The largest absolute Gasteiger partial charge is 0.335 e. The van der Waals surface area contributed by atoms with Gasteiger partial charge in [-0.15, -0.1) is 0 Å². The van der Waals surface area contributed by atoms with Crippen molar-refractivity contribution < 1.29 is 4.79 Å². The van der Waals surface area contributed by atoms with Gasteiger partial charge in [0.05, 0.1) is 0 Å². The molecule has 2 amide bonds. The molecule has 1 aliphatic rings. The molecule has 5 nitrogen and oxygen atoms in total. The number of imidazole rings is 1. The van der Waals surface area contributed by atoms with Crippen LogP contribution < -0.4 is 5.32 Å². The van der Waals surface area contributed by atoms with Crippen molar-refractivity contribution in [2.24, 2.45) is 0 Å². The standard InChI is InChI=1S/C18H24N4O/c1-3-21-12-10-19-17(21)15-5-4-11-22(13-15)18(23)20-16-8-6-14(2)7-9-16/h6-10,12,15H,3-5,11,13H2,1-2H3,(H,20,23)/t15-/m1/s1. The lowest BCUT2D eigenvalue weighted by Crippen LogP contribution is -2.42. The van der Waals surface area contributed by atoms with Gasteiger partial charge in [0.2, 0.25) is 0 Å². The van der Waals surface area contributed by atoms with Crippen molar-refractivity contribution in [3.8, 4) is 0 Å². The number of nitrogens with one attached hydrogen (secondary N) is 1. The third-order valence-corrected chi connectivity index (χ3v) is 4.46. The first-order valence-electron chi connectivity index (χ1n) is 8.31. The van der Waals surface area contributed by atoms with Crippen LogP contribution in [0.5, 0.6) is 0 Å². The van der Waals surface area contributed by atoms with Crippen molar-refractivity contribution in [2.75, 3.05) is 18.4 Å². The van der Waals surface area contributed by atoms with Crippen molar-refractivity contribution in [1.29, 1.82) is 0 Å². The average Bonchev–Trinajstić information content (AvgIpc) is 3.06. The first kappa shape index (κ1) is 15.6. The van der Waals surface area contributed by atoms with Gasteiger partial charge >= 0.3 is 6.03 Å². The monoisotopic (exact) mass is 312 g/mol. The van der Waals surface area contributed by atoms with Gasteiger partial charge in [0.1, 0.15) is 5.82 Å². The fraction of sp³-hybridized carbons (Fsp3) is 0.444. The summed E-state index contributed by atoms with van der Waals surface area (Å²) in [5.74, 6) is 1.42. The number of aromatic nitrogens is 2. The van der Waals surface area contributed by atoms with E-state index in [1.54, 1.807) is 0 Å². The van der Waals surface area contributed by atoms with E-state index in [4.69, 9.17) is 0 Å². The van der Waals surface area contributed by atoms with E-state index in [-0.39, 0.29) is 6.03 Å². The highest BCUT2D eigenvalue weighted by Gasteiger charge is 2.27. The summed E-state index contributed by atoms with van der Waals surface area (Å²) in [6, 6.07) is 7.88. The second-order valence-corrected chi connectivity index (χ2v) is 6.15. The summed E-state index contributed by atoms with van der Waals surface area (Å²) in [6.07, 6.45) is 5.97. The molecule has 1 saturated heterocycles.